The Hall–Kier alpha value is -1.56. The van der Waals surface area contributed by atoms with E-state index in [-0.39, 0.29) is 6.92 Å². The summed E-state index contributed by atoms with van der Waals surface area (Å²) in [5.41, 5.74) is -0.948. The lowest BCUT2D eigenvalue weighted by Crippen LogP contribution is -2.63. The van der Waals surface area contributed by atoms with Crippen molar-refractivity contribution in [2.24, 2.45) is 5.92 Å². The molecule has 1 atom stereocenters. The summed E-state index contributed by atoms with van der Waals surface area (Å²) >= 11 is 0. The van der Waals surface area contributed by atoms with Crippen molar-refractivity contribution < 1.29 is 57.8 Å². The first-order chi connectivity index (χ1) is 10.7. The number of esters is 1. The third-order valence-corrected chi connectivity index (χ3v) is 2.91. The van der Waals surface area contributed by atoms with Gasteiger partial charge in [-0.05, 0) is 6.92 Å². The molecular weight excluding hydrogens is 385 g/mol. The Bertz CT molecular complexity index is 522. The quantitative estimate of drug-likeness (QED) is 0.336. The number of carbonyl (C=O) groups excluding carboxylic acids is 1. The van der Waals surface area contributed by atoms with Gasteiger partial charge >= 0.3 is 36.0 Å². The van der Waals surface area contributed by atoms with Crippen molar-refractivity contribution in [1.82, 2.24) is 0 Å². The number of hydrogen-bond acceptors (Lipinski definition) is 2. The molecule has 0 spiro atoms. The lowest BCUT2D eigenvalue weighted by Gasteiger charge is -2.36. The minimum absolute atomic E-state index is 0.0264. The van der Waals surface area contributed by atoms with Crippen LogP contribution in [0.4, 0.5) is 48.3 Å². The maximum atomic E-state index is 13.3. The standard InChI is InChI=1S/C12H11F11O2/c1-5(2)7(24)25-12(22,23)11(20,21)10(18,19)8(13,14)4-6(3)9(15,16)17/h6H,1,4H2,2-3H3. The topological polar surface area (TPSA) is 26.3 Å². The third kappa shape index (κ3) is 4.54. The Morgan fingerprint density at radius 2 is 1.32 bits per heavy atom. The summed E-state index contributed by atoms with van der Waals surface area (Å²) < 4.78 is 145. The highest BCUT2D eigenvalue weighted by atomic mass is 19.4. The molecule has 0 bridgehead atoms. The van der Waals surface area contributed by atoms with Gasteiger partial charge in [0, 0.05) is 12.0 Å². The molecule has 0 saturated heterocycles. The average Bonchev–Trinajstić information content (AvgIpc) is 2.35. The zero-order valence-corrected chi connectivity index (χ0v) is 12.5. The van der Waals surface area contributed by atoms with E-state index in [9.17, 15) is 53.1 Å². The minimum atomic E-state index is -7.01. The van der Waals surface area contributed by atoms with E-state index in [4.69, 9.17) is 0 Å². The van der Waals surface area contributed by atoms with Crippen LogP contribution in [0.5, 0.6) is 0 Å². The van der Waals surface area contributed by atoms with Crippen LogP contribution in [-0.2, 0) is 9.53 Å². The molecule has 0 fully saturated rings. The van der Waals surface area contributed by atoms with Crippen molar-refractivity contribution in [2.75, 3.05) is 0 Å². The highest BCUT2D eigenvalue weighted by Crippen LogP contribution is 2.55. The molecule has 0 aromatic heterocycles. The molecule has 2 nitrogen and oxygen atoms in total. The molecule has 0 aliphatic carbocycles. The zero-order chi connectivity index (χ0) is 20.6. The predicted molar refractivity (Wildman–Crippen MR) is 60.5 cm³/mol. The number of rotatable bonds is 7. The van der Waals surface area contributed by atoms with E-state index < -0.39 is 53.9 Å². The lowest BCUT2D eigenvalue weighted by atomic mass is 9.94. The van der Waals surface area contributed by atoms with Crippen LogP contribution in [-0.4, -0.2) is 36.0 Å². The molecule has 0 heterocycles. The molecule has 13 heteroatoms. The molecule has 0 radical (unpaired) electrons. The number of hydrogen-bond donors (Lipinski definition) is 0. The second kappa shape index (κ2) is 6.63. The molecule has 0 aliphatic rings. The average molecular weight is 396 g/mol. The van der Waals surface area contributed by atoms with Crippen LogP contribution in [0, 0.1) is 5.92 Å². The van der Waals surface area contributed by atoms with E-state index >= 15 is 0 Å². The third-order valence-electron chi connectivity index (χ3n) is 2.91. The van der Waals surface area contributed by atoms with Crippen LogP contribution in [0.2, 0.25) is 0 Å². The number of halogens is 11. The summed E-state index contributed by atoms with van der Waals surface area (Å²) in [6.07, 6.45) is -14.8. The van der Waals surface area contributed by atoms with Crippen LogP contribution in [0.25, 0.3) is 0 Å². The summed E-state index contributed by atoms with van der Waals surface area (Å²) in [4.78, 5) is 10.8. The first-order valence-corrected chi connectivity index (χ1v) is 6.17. The summed E-state index contributed by atoms with van der Waals surface area (Å²) in [5.74, 6) is -25.7. The maximum Gasteiger partial charge on any atom is 0.473 e. The monoisotopic (exact) mass is 396 g/mol. The van der Waals surface area contributed by atoms with Crippen molar-refractivity contribution >= 4 is 5.97 Å². The molecule has 1 unspecified atom stereocenters. The smallest absolute Gasteiger partial charge is 0.393 e. The molecule has 0 saturated carbocycles. The molecule has 0 rings (SSSR count). The summed E-state index contributed by atoms with van der Waals surface area (Å²) in [7, 11) is 0. The van der Waals surface area contributed by atoms with Gasteiger partial charge in [0.05, 0.1) is 5.92 Å². The first-order valence-electron chi connectivity index (χ1n) is 6.17. The van der Waals surface area contributed by atoms with Crippen LogP contribution >= 0.6 is 0 Å². The highest BCUT2D eigenvalue weighted by molar-refractivity contribution is 5.87. The van der Waals surface area contributed by atoms with Crippen molar-refractivity contribution in [2.45, 2.75) is 50.3 Å². The fourth-order valence-electron chi connectivity index (χ4n) is 1.31. The van der Waals surface area contributed by atoms with E-state index in [1.807, 2.05) is 0 Å². The molecule has 148 valence electrons. The van der Waals surface area contributed by atoms with Gasteiger partial charge in [-0.15, -0.1) is 0 Å². The van der Waals surface area contributed by atoms with E-state index in [2.05, 4.69) is 11.3 Å². The Labute approximate surface area is 133 Å². The fraction of sp³-hybridized carbons (Fsp3) is 0.750. The molecular formula is C12H11F11O2. The van der Waals surface area contributed by atoms with Gasteiger partial charge in [-0.25, -0.2) is 4.79 Å². The van der Waals surface area contributed by atoms with Crippen LogP contribution in [0.15, 0.2) is 12.2 Å². The first kappa shape index (κ1) is 23.4. The summed E-state index contributed by atoms with van der Waals surface area (Å²) in [6, 6.07) is 0. The van der Waals surface area contributed by atoms with Crippen molar-refractivity contribution in [3.8, 4) is 0 Å². The van der Waals surface area contributed by atoms with E-state index in [0.29, 0.717) is 6.92 Å². The Morgan fingerprint density at radius 1 is 0.920 bits per heavy atom. The largest absolute Gasteiger partial charge is 0.473 e. The Morgan fingerprint density at radius 3 is 1.64 bits per heavy atom. The molecule has 0 amide bonds. The maximum absolute atomic E-state index is 13.3. The van der Waals surface area contributed by atoms with Crippen molar-refractivity contribution in [3.63, 3.8) is 0 Å². The van der Waals surface area contributed by atoms with Crippen LogP contribution in [0.3, 0.4) is 0 Å². The fourth-order valence-corrected chi connectivity index (χ4v) is 1.31. The predicted octanol–water partition coefficient (Wildman–Crippen LogP) is 5.19. The van der Waals surface area contributed by atoms with Gasteiger partial charge in [-0.2, -0.15) is 48.3 Å². The van der Waals surface area contributed by atoms with Gasteiger partial charge < -0.3 is 4.74 Å². The van der Waals surface area contributed by atoms with E-state index in [1.54, 1.807) is 0 Å². The summed E-state index contributed by atoms with van der Waals surface area (Å²) in [6.45, 7) is 3.32. The Kier molecular flexibility index (Phi) is 6.22. The van der Waals surface area contributed by atoms with Crippen LogP contribution < -0.4 is 0 Å². The van der Waals surface area contributed by atoms with Crippen molar-refractivity contribution in [1.29, 1.82) is 0 Å². The lowest BCUT2D eigenvalue weighted by molar-refractivity contribution is -0.418. The molecule has 0 aromatic carbocycles. The number of alkyl halides is 11. The molecule has 0 N–H and O–H groups in total. The van der Waals surface area contributed by atoms with E-state index in [0.717, 1.165) is 0 Å². The number of carbonyl (C=O) groups is 1. The molecule has 25 heavy (non-hydrogen) atoms. The van der Waals surface area contributed by atoms with Gasteiger partial charge in [0.25, 0.3) is 0 Å². The highest BCUT2D eigenvalue weighted by Gasteiger charge is 2.82. The second-order valence-electron chi connectivity index (χ2n) is 5.19. The second-order valence-corrected chi connectivity index (χ2v) is 5.19. The molecule has 0 aromatic rings. The van der Waals surface area contributed by atoms with Gasteiger partial charge in [-0.1, -0.05) is 13.5 Å². The Balaban J connectivity index is 5.77. The zero-order valence-electron chi connectivity index (χ0n) is 12.5. The van der Waals surface area contributed by atoms with Gasteiger partial charge in [-0.3, -0.25) is 0 Å². The SMILES string of the molecule is C=C(C)C(=O)OC(F)(F)C(F)(F)C(F)(F)C(F)(F)CC(C)C(F)(F)F. The number of ether oxygens (including phenoxy) is 1. The minimum Gasteiger partial charge on any atom is -0.393 e. The normalized spacial score (nSPS) is 15.7. The van der Waals surface area contributed by atoms with Gasteiger partial charge in [0.2, 0.25) is 0 Å². The van der Waals surface area contributed by atoms with Gasteiger partial charge in [0.1, 0.15) is 0 Å². The summed E-state index contributed by atoms with van der Waals surface area (Å²) in [5, 5.41) is 0. The van der Waals surface area contributed by atoms with Crippen molar-refractivity contribution in [3.05, 3.63) is 12.2 Å². The molecule has 0 aliphatic heterocycles. The van der Waals surface area contributed by atoms with Crippen LogP contribution in [0.1, 0.15) is 20.3 Å². The van der Waals surface area contributed by atoms with E-state index in [1.165, 1.54) is 0 Å². The van der Waals surface area contributed by atoms with Gasteiger partial charge in [0.15, 0.2) is 0 Å².